The van der Waals surface area contributed by atoms with Gasteiger partial charge in [-0.15, -0.1) is 0 Å². The quantitative estimate of drug-likeness (QED) is 0.660. The summed E-state index contributed by atoms with van der Waals surface area (Å²) in [5.74, 6) is 0.530. The Bertz CT molecular complexity index is 709. The number of hydrogen-bond donors (Lipinski definition) is 0. The first-order chi connectivity index (χ1) is 12.0. The third-order valence-electron chi connectivity index (χ3n) is 5.98. The Morgan fingerprint density at radius 1 is 1.20 bits per heavy atom. The molecule has 2 nitrogen and oxygen atoms in total. The molecule has 1 aromatic heterocycles. The molecule has 2 heterocycles. The van der Waals surface area contributed by atoms with Gasteiger partial charge in [-0.1, -0.05) is 47.6 Å². The molecule has 1 fully saturated rings. The number of nitrogens with zero attached hydrogens (tertiary/aromatic N) is 1. The summed E-state index contributed by atoms with van der Waals surface area (Å²) in [5.41, 5.74) is 5.27. The topological polar surface area (TPSA) is 22.1 Å². The van der Waals surface area contributed by atoms with E-state index in [0.717, 1.165) is 37.1 Å². The zero-order chi connectivity index (χ0) is 18.6. The Labute approximate surface area is 154 Å². The van der Waals surface area contributed by atoms with Crippen molar-refractivity contribution in [1.29, 1.82) is 0 Å². The molecule has 0 N–H and O–H groups in total. The molecule has 138 valence electrons. The van der Waals surface area contributed by atoms with Crippen LogP contribution < -0.4 is 0 Å². The number of fused-ring (bicyclic) bond motifs is 1. The SMILES string of the molecule is CC.CCc1cc(C)nc2ccc(C3(C)CCOC(CC)C3C)cc12. The molecule has 0 bridgehead atoms. The van der Waals surface area contributed by atoms with Gasteiger partial charge in [0, 0.05) is 17.7 Å². The van der Waals surface area contributed by atoms with Crippen LogP contribution in [0.25, 0.3) is 10.9 Å². The van der Waals surface area contributed by atoms with E-state index in [4.69, 9.17) is 9.72 Å². The average molecular weight is 342 g/mol. The van der Waals surface area contributed by atoms with Gasteiger partial charge in [-0.25, -0.2) is 0 Å². The summed E-state index contributed by atoms with van der Waals surface area (Å²) >= 11 is 0. The van der Waals surface area contributed by atoms with Crippen LogP contribution >= 0.6 is 0 Å². The van der Waals surface area contributed by atoms with Crippen LogP contribution in [0.15, 0.2) is 24.3 Å². The number of hydrogen-bond acceptors (Lipinski definition) is 2. The van der Waals surface area contributed by atoms with Crippen LogP contribution in [0.2, 0.25) is 0 Å². The summed E-state index contributed by atoms with van der Waals surface area (Å²) in [6.07, 6.45) is 3.60. The Balaban J connectivity index is 0.00000109. The van der Waals surface area contributed by atoms with E-state index in [9.17, 15) is 0 Å². The maximum Gasteiger partial charge on any atom is 0.0708 e. The van der Waals surface area contributed by atoms with Gasteiger partial charge in [-0.3, -0.25) is 4.98 Å². The van der Waals surface area contributed by atoms with Crippen molar-refractivity contribution in [2.75, 3.05) is 6.61 Å². The van der Waals surface area contributed by atoms with Crippen LogP contribution in [0, 0.1) is 12.8 Å². The van der Waals surface area contributed by atoms with Crippen LogP contribution in [-0.2, 0) is 16.6 Å². The molecule has 1 aliphatic rings. The van der Waals surface area contributed by atoms with Crippen molar-refractivity contribution in [3.05, 3.63) is 41.1 Å². The average Bonchev–Trinajstić information content (AvgIpc) is 2.64. The lowest BCUT2D eigenvalue weighted by Crippen LogP contribution is -2.44. The van der Waals surface area contributed by atoms with Crippen molar-refractivity contribution >= 4 is 10.9 Å². The number of ether oxygens (including phenoxy) is 1. The van der Waals surface area contributed by atoms with E-state index in [1.807, 2.05) is 13.8 Å². The second-order valence-corrected chi connectivity index (χ2v) is 7.28. The predicted molar refractivity (Wildman–Crippen MR) is 108 cm³/mol. The Morgan fingerprint density at radius 3 is 2.56 bits per heavy atom. The smallest absolute Gasteiger partial charge is 0.0708 e. The molecule has 0 aliphatic carbocycles. The lowest BCUT2D eigenvalue weighted by atomic mass is 9.66. The minimum atomic E-state index is 0.184. The fourth-order valence-electron chi connectivity index (χ4n) is 4.17. The van der Waals surface area contributed by atoms with Gasteiger partial charge in [-0.2, -0.15) is 0 Å². The molecule has 0 radical (unpaired) electrons. The van der Waals surface area contributed by atoms with E-state index in [2.05, 4.69) is 58.9 Å². The summed E-state index contributed by atoms with van der Waals surface area (Å²) in [6, 6.07) is 9.14. The van der Waals surface area contributed by atoms with E-state index in [1.54, 1.807) is 0 Å². The molecule has 0 saturated carbocycles. The van der Waals surface area contributed by atoms with E-state index >= 15 is 0 Å². The van der Waals surface area contributed by atoms with Crippen LogP contribution in [0.1, 0.15) is 71.2 Å². The molecule has 1 aromatic carbocycles. The van der Waals surface area contributed by atoms with Crippen molar-refractivity contribution in [3.8, 4) is 0 Å². The highest BCUT2D eigenvalue weighted by Gasteiger charge is 2.40. The first-order valence-corrected chi connectivity index (χ1v) is 10.0. The second-order valence-electron chi connectivity index (χ2n) is 7.28. The summed E-state index contributed by atoms with van der Waals surface area (Å²) < 4.78 is 5.99. The third kappa shape index (κ3) is 3.74. The summed E-state index contributed by atoms with van der Waals surface area (Å²) in [6.45, 7) is 16.2. The van der Waals surface area contributed by atoms with E-state index in [-0.39, 0.29) is 5.41 Å². The molecule has 0 amide bonds. The molecule has 1 saturated heterocycles. The number of rotatable bonds is 3. The molecule has 2 heteroatoms. The lowest BCUT2D eigenvalue weighted by Gasteiger charge is -2.45. The molecular formula is C23H35NO. The van der Waals surface area contributed by atoms with Crippen molar-refractivity contribution in [1.82, 2.24) is 4.98 Å². The highest BCUT2D eigenvalue weighted by molar-refractivity contribution is 5.83. The monoisotopic (exact) mass is 341 g/mol. The second kappa shape index (κ2) is 8.31. The van der Waals surface area contributed by atoms with Gasteiger partial charge < -0.3 is 4.74 Å². The largest absolute Gasteiger partial charge is 0.378 e. The molecule has 2 aromatic rings. The molecule has 3 unspecified atom stereocenters. The zero-order valence-electron chi connectivity index (χ0n) is 17.1. The summed E-state index contributed by atoms with van der Waals surface area (Å²) in [4.78, 5) is 4.72. The summed E-state index contributed by atoms with van der Waals surface area (Å²) in [7, 11) is 0. The van der Waals surface area contributed by atoms with Crippen LogP contribution in [0.3, 0.4) is 0 Å². The zero-order valence-corrected chi connectivity index (χ0v) is 17.1. The number of aromatic nitrogens is 1. The van der Waals surface area contributed by atoms with Gasteiger partial charge >= 0.3 is 0 Å². The normalized spacial score (nSPS) is 26.2. The lowest BCUT2D eigenvalue weighted by molar-refractivity contribution is -0.0608. The Kier molecular flexibility index (Phi) is 6.62. The fourth-order valence-corrected chi connectivity index (χ4v) is 4.17. The standard InChI is InChI=1S/C21H29NO.C2H6/c1-6-16-12-14(3)22-19-9-8-17(13-18(16)19)21(5)10-11-23-20(7-2)15(21)4;1-2/h8-9,12-13,15,20H,6-7,10-11H2,1-5H3;1-2H3. The molecule has 3 atom stereocenters. The summed E-state index contributed by atoms with van der Waals surface area (Å²) in [5, 5.41) is 1.32. The van der Waals surface area contributed by atoms with E-state index < -0.39 is 0 Å². The minimum absolute atomic E-state index is 0.184. The predicted octanol–water partition coefficient (Wildman–Crippen LogP) is 6.22. The maximum absolute atomic E-state index is 5.99. The molecule has 25 heavy (non-hydrogen) atoms. The molecule has 1 aliphatic heterocycles. The van der Waals surface area contributed by atoms with Gasteiger partial charge in [0.15, 0.2) is 0 Å². The fraction of sp³-hybridized carbons (Fsp3) is 0.609. The van der Waals surface area contributed by atoms with E-state index in [0.29, 0.717) is 12.0 Å². The Hall–Kier alpha value is -1.41. The third-order valence-corrected chi connectivity index (χ3v) is 5.98. The van der Waals surface area contributed by atoms with Crippen LogP contribution in [0.5, 0.6) is 0 Å². The Morgan fingerprint density at radius 2 is 1.92 bits per heavy atom. The van der Waals surface area contributed by atoms with Crippen molar-refractivity contribution in [2.45, 2.75) is 79.2 Å². The number of pyridine rings is 1. The maximum atomic E-state index is 5.99. The van der Waals surface area contributed by atoms with Gasteiger partial charge in [-0.05, 0) is 66.8 Å². The minimum Gasteiger partial charge on any atom is -0.378 e. The van der Waals surface area contributed by atoms with Gasteiger partial charge in [0.25, 0.3) is 0 Å². The van der Waals surface area contributed by atoms with E-state index in [1.165, 1.54) is 16.5 Å². The highest BCUT2D eigenvalue weighted by Crippen LogP contribution is 2.43. The van der Waals surface area contributed by atoms with Crippen molar-refractivity contribution in [2.24, 2.45) is 5.92 Å². The molecule has 3 rings (SSSR count). The van der Waals surface area contributed by atoms with Crippen molar-refractivity contribution in [3.63, 3.8) is 0 Å². The van der Waals surface area contributed by atoms with Crippen molar-refractivity contribution < 1.29 is 4.74 Å². The van der Waals surface area contributed by atoms with Gasteiger partial charge in [0.1, 0.15) is 0 Å². The first-order valence-electron chi connectivity index (χ1n) is 10.0. The molecular weight excluding hydrogens is 306 g/mol. The number of benzene rings is 1. The first kappa shape index (κ1) is 19.9. The molecule has 0 spiro atoms. The highest BCUT2D eigenvalue weighted by atomic mass is 16.5. The van der Waals surface area contributed by atoms with Crippen LogP contribution in [0.4, 0.5) is 0 Å². The van der Waals surface area contributed by atoms with Crippen LogP contribution in [-0.4, -0.2) is 17.7 Å². The number of aryl methyl sites for hydroxylation is 2. The van der Waals surface area contributed by atoms with Gasteiger partial charge in [0.2, 0.25) is 0 Å². The van der Waals surface area contributed by atoms with Gasteiger partial charge in [0.05, 0.1) is 11.6 Å².